The molecular weight excluding hydrogens is 256 g/mol. The van der Waals surface area contributed by atoms with Gasteiger partial charge in [0.2, 0.25) is 0 Å². The van der Waals surface area contributed by atoms with Gasteiger partial charge in [-0.05, 0) is 24.6 Å². The highest BCUT2D eigenvalue weighted by Gasteiger charge is 2.09. The van der Waals surface area contributed by atoms with Crippen molar-refractivity contribution >= 4 is 10.9 Å². The Hall–Kier alpha value is -2.63. The maximum atomic E-state index is 12.4. The van der Waals surface area contributed by atoms with Crippen molar-refractivity contribution in [3.05, 3.63) is 52.1 Å². The van der Waals surface area contributed by atoms with Crippen LogP contribution in [-0.4, -0.2) is 27.1 Å². The Bertz CT molecular complexity index is 802. The molecule has 0 saturated heterocycles. The molecular formula is C14H14N4O2. The lowest BCUT2D eigenvalue weighted by molar-refractivity contribution is 0.414. The van der Waals surface area contributed by atoms with E-state index in [0.717, 1.165) is 17.0 Å². The lowest BCUT2D eigenvalue weighted by atomic mass is 10.2. The summed E-state index contributed by atoms with van der Waals surface area (Å²) in [7, 11) is 1.62. The van der Waals surface area contributed by atoms with Crippen molar-refractivity contribution in [2.24, 2.45) is 0 Å². The first-order chi connectivity index (χ1) is 9.69. The predicted molar refractivity (Wildman–Crippen MR) is 75.0 cm³/mol. The molecule has 3 rings (SSSR count). The second-order valence-electron chi connectivity index (χ2n) is 4.56. The number of methoxy groups -OCH3 is 1. The molecule has 0 saturated carbocycles. The van der Waals surface area contributed by atoms with E-state index in [9.17, 15) is 4.79 Å². The molecule has 6 nitrogen and oxygen atoms in total. The van der Waals surface area contributed by atoms with Crippen LogP contribution in [0.3, 0.4) is 0 Å². The molecule has 0 radical (unpaired) electrons. The van der Waals surface area contributed by atoms with E-state index < -0.39 is 0 Å². The third-order valence-corrected chi connectivity index (χ3v) is 3.23. The molecule has 0 aliphatic carbocycles. The van der Waals surface area contributed by atoms with Crippen LogP contribution in [0.25, 0.3) is 10.9 Å². The molecule has 0 bridgehead atoms. The molecule has 6 heteroatoms. The summed E-state index contributed by atoms with van der Waals surface area (Å²) >= 11 is 0. The number of fused-ring (bicyclic) bond motifs is 1. The standard InChI is InChI=1S/C14H14N4O2/c1-9-13-12(17-16-9)7-15-18(14(13)19)8-10-3-5-11(20-2)6-4-10/h3-7H,8H2,1-2H3,(H,16,17). The number of rotatable bonds is 3. The molecule has 0 aliphatic rings. The molecule has 0 atom stereocenters. The van der Waals surface area contributed by atoms with Gasteiger partial charge in [0.05, 0.1) is 25.2 Å². The summed E-state index contributed by atoms with van der Waals surface area (Å²) in [5.41, 5.74) is 2.21. The minimum atomic E-state index is -0.135. The van der Waals surface area contributed by atoms with Crippen molar-refractivity contribution < 1.29 is 4.74 Å². The number of benzene rings is 1. The van der Waals surface area contributed by atoms with E-state index in [2.05, 4.69) is 15.3 Å². The molecule has 102 valence electrons. The van der Waals surface area contributed by atoms with Crippen LogP contribution in [0, 0.1) is 6.92 Å². The Morgan fingerprint density at radius 2 is 2.05 bits per heavy atom. The van der Waals surface area contributed by atoms with Crippen LogP contribution in [-0.2, 0) is 6.54 Å². The third-order valence-electron chi connectivity index (χ3n) is 3.23. The van der Waals surface area contributed by atoms with Crippen molar-refractivity contribution in [3.63, 3.8) is 0 Å². The Balaban J connectivity index is 1.99. The van der Waals surface area contributed by atoms with Gasteiger partial charge in [-0.2, -0.15) is 10.2 Å². The molecule has 2 heterocycles. The first-order valence-corrected chi connectivity index (χ1v) is 6.23. The smallest absolute Gasteiger partial charge is 0.278 e. The molecule has 2 aromatic heterocycles. The van der Waals surface area contributed by atoms with Gasteiger partial charge in [-0.25, -0.2) is 4.68 Å². The zero-order chi connectivity index (χ0) is 14.1. The van der Waals surface area contributed by atoms with E-state index in [0.29, 0.717) is 17.4 Å². The van der Waals surface area contributed by atoms with Gasteiger partial charge >= 0.3 is 0 Å². The molecule has 20 heavy (non-hydrogen) atoms. The molecule has 1 aromatic carbocycles. The highest BCUT2D eigenvalue weighted by Crippen LogP contribution is 2.12. The molecule has 0 aliphatic heterocycles. The van der Waals surface area contributed by atoms with Crippen molar-refractivity contribution in [3.8, 4) is 5.75 Å². The van der Waals surface area contributed by atoms with Gasteiger partial charge in [0.15, 0.2) is 0 Å². The highest BCUT2D eigenvalue weighted by atomic mass is 16.5. The lowest BCUT2D eigenvalue weighted by Gasteiger charge is -2.05. The quantitative estimate of drug-likeness (QED) is 0.782. The number of nitrogens with one attached hydrogen (secondary N) is 1. The number of aromatic amines is 1. The SMILES string of the molecule is COc1ccc(Cn2ncc3n[nH]c(C)c3c2=O)cc1. The Kier molecular flexibility index (Phi) is 2.98. The summed E-state index contributed by atoms with van der Waals surface area (Å²) in [6, 6.07) is 7.56. The maximum Gasteiger partial charge on any atom is 0.278 e. The third kappa shape index (κ3) is 2.05. The fourth-order valence-corrected chi connectivity index (χ4v) is 2.13. The van der Waals surface area contributed by atoms with Crippen LogP contribution < -0.4 is 10.3 Å². The van der Waals surface area contributed by atoms with Gasteiger partial charge in [-0.3, -0.25) is 9.89 Å². The molecule has 0 fully saturated rings. The fraction of sp³-hybridized carbons (Fsp3) is 0.214. The first kappa shape index (κ1) is 12.4. The molecule has 0 amide bonds. The number of hydrogen-bond acceptors (Lipinski definition) is 4. The molecule has 1 N–H and O–H groups in total. The van der Waals surface area contributed by atoms with Crippen LogP contribution >= 0.6 is 0 Å². The number of aromatic nitrogens is 4. The van der Waals surface area contributed by atoms with E-state index >= 15 is 0 Å². The number of nitrogens with zero attached hydrogens (tertiary/aromatic N) is 3. The minimum absolute atomic E-state index is 0.135. The van der Waals surface area contributed by atoms with Gasteiger partial charge in [0.25, 0.3) is 5.56 Å². The predicted octanol–water partition coefficient (Wildman–Crippen LogP) is 1.48. The van der Waals surface area contributed by atoms with E-state index in [-0.39, 0.29) is 5.56 Å². The summed E-state index contributed by atoms with van der Waals surface area (Å²) in [6.07, 6.45) is 1.60. The zero-order valence-corrected chi connectivity index (χ0v) is 11.3. The van der Waals surface area contributed by atoms with E-state index in [1.54, 1.807) is 13.3 Å². The number of aryl methyl sites for hydroxylation is 1. The minimum Gasteiger partial charge on any atom is -0.497 e. The van der Waals surface area contributed by atoms with Crippen LogP contribution in [0.15, 0.2) is 35.3 Å². The summed E-state index contributed by atoms with van der Waals surface area (Å²) in [5.74, 6) is 0.787. The highest BCUT2D eigenvalue weighted by molar-refractivity contribution is 5.78. The monoisotopic (exact) mass is 270 g/mol. The topological polar surface area (TPSA) is 72.8 Å². The van der Waals surface area contributed by atoms with E-state index in [1.807, 2.05) is 31.2 Å². The first-order valence-electron chi connectivity index (χ1n) is 6.23. The number of H-pyrrole nitrogens is 1. The fourth-order valence-electron chi connectivity index (χ4n) is 2.13. The maximum absolute atomic E-state index is 12.4. The van der Waals surface area contributed by atoms with Gasteiger partial charge in [-0.1, -0.05) is 12.1 Å². The number of hydrogen-bond donors (Lipinski definition) is 1. The van der Waals surface area contributed by atoms with Crippen LogP contribution in [0.4, 0.5) is 0 Å². The van der Waals surface area contributed by atoms with Crippen LogP contribution in [0.1, 0.15) is 11.3 Å². The van der Waals surface area contributed by atoms with Crippen molar-refractivity contribution in [2.45, 2.75) is 13.5 Å². The zero-order valence-electron chi connectivity index (χ0n) is 11.3. The van der Waals surface area contributed by atoms with Crippen LogP contribution in [0.2, 0.25) is 0 Å². The van der Waals surface area contributed by atoms with Gasteiger partial charge < -0.3 is 4.74 Å². The largest absolute Gasteiger partial charge is 0.497 e. The summed E-state index contributed by atoms with van der Waals surface area (Å²) < 4.78 is 6.55. The summed E-state index contributed by atoms with van der Waals surface area (Å²) in [5, 5.41) is 11.6. The van der Waals surface area contributed by atoms with Crippen molar-refractivity contribution in [2.75, 3.05) is 7.11 Å². The van der Waals surface area contributed by atoms with Gasteiger partial charge in [0.1, 0.15) is 11.3 Å². The van der Waals surface area contributed by atoms with E-state index in [1.165, 1.54) is 4.68 Å². The normalized spacial score (nSPS) is 10.9. The lowest BCUT2D eigenvalue weighted by Crippen LogP contribution is -2.23. The average molecular weight is 270 g/mol. The molecule has 0 unspecified atom stereocenters. The summed E-state index contributed by atoms with van der Waals surface area (Å²) in [4.78, 5) is 12.4. The van der Waals surface area contributed by atoms with Crippen molar-refractivity contribution in [1.29, 1.82) is 0 Å². The Labute approximate surface area is 115 Å². The second-order valence-corrected chi connectivity index (χ2v) is 4.56. The molecule has 3 aromatic rings. The number of ether oxygens (including phenoxy) is 1. The van der Waals surface area contributed by atoms with Gasteiger partial charge in [-0.15, -0.1) is 0 Å². The Morgan fingerprint density at radius 1 is 1.30 bits per heavy atom. The Morgan fingerprint density at radius 3 is 2.75 bits per heavy atom. The molecule has 0 spiro atoms. The van der Waals surface area contributed by atoms with Crippen LogP contribution in [0.5, 0.6) is 5.75 Å². The van der Waals surface area contributed by atoms with E-state index in [4.69, 9.17) is 4.74 Å². The summed E-state index contributed by atoms with van der Waals surface area (Å²) in [6.45, 7) is 2.25. The van der Waals surface area contributed by atoms with Gasteiger partial charge in [0, 0.05) is 5.69 Å². The average Bonchev–Trinajstić information content (AvgIpc) is 2.85. The second kappa shape index (κ2) is 4.80. The van der Waals surface area contributed by atoms with Crippen molar-refractivity contribution in [1.82, 2.24) is 20.0 Å².